The van der Waals surface area contributed by atoms with Gasteiger partial charge in [-0.05, 0) is 36.2 Å². The Bertz CT molecular complexity index is 592. The fourth-order valence-corrected chi connectivity index (χ4v) is 3.91. The number of carboxylic acid groups (broad SMARTS) is 1. The van der Waals surface area contributed by atoms with Crippen LogP contribution in [-0.2, 0) is 10.5 Å². The van der Waals surface area contributed by atoms with Crippen LogP contribution in [0.4, 0.5) is 0 Å². The van der Waals surface area contributed by atoms with E-state index in [9.17, 15) is 4.79 Å². The van der Waals surface area contributed by atoms with Gasteiger partial charge in [-0.2, -0.15) is 0 Å². The summed E-state index contributed by atoms with van der Waals surface area (Å²) in [4.78, 5) is 11.0. The number of aliphatic carboxylic acids is 1. The highest BCUT2D eigenvalue weighted by Crippen LogP contribution is 2.34. The summed E-state index contributed by atoms with van der Waals surface area (Å²) in [6, 6.07) is 7.40. The van der Waals surface area contributed by atoms with Crippen molar-refractivity contribution in [2.75, 3.05) is 0 Å². The molecule has 102 valence electrons. The van der Waals surface area contributed by atoms with Gasteiger partial charge in [-0.1, -0.05) is 18.2 Å². The van der Waals surface area contributed by atoms with Gasteiger partial charge in [-0.3, -0.25) is 4.79 Å². The molecule has 3 N–H and O–H groups in total. The normalized spacial score (nSPS) is 13.6. The predicted octanol–water partition coefficient (Wildman–Crippen LogP) is 3.33. The number of nitrogens with two attached hydrogens (primary N) is 1. The van der Waals surface area contributed by atoms with Crippen molar-refractivity contribution in [3.8, 4) is 0 Å². The lowest BCUT2D eigenvalue weighted by Crippen LogP contribution is -2.46. The molecule has 1 heterocycles. The minimum Gasteiger partial charge on any atom is -0.480 e. The van der Waals surface area contributed by atoms with Crippen LogP contribution in [0.15, 0.2) is 29.6 Å². The maximum atomic E-state index is 11.0. The van der Waals surface area contributed by atoms with Gasteiger partial charge in [0, 0.05) is 15.2 Å². The molecule has 0 bridgehead atoms. The summed E-state index contributed by atoms with van der Waals surface area (Å²) in [6.07, 6.45) is 0. The Labute approximate surface area is 120 Å². The third kappa shape index (κ3) is 3.11. The smallest absolute Gasteiger partial charge is 0.321 e. The molecule has 1 atom stereocenters. The highest BCUT2D eigenvalue weighted by molar-refractivity contribution is 8.00. The Morgan fingerprint density at radius 1 is 1.47 bits per heavy atom. The first kappa shape index (κ1) is 14.4. The highest BCUT2D eigenvalue weighted by atomic mass is 32.2. The Kier molecular flexibility index (Phi) is 4.18. The van der Waals surface area contributed by atoms with Crippen LogP contribution in [0, 0.1) is 0 Å². The number of benzene rings is 1. The van der Waals surface area contributed by atoms with E-state index >= 15 is 0 Å². The zero-order valence-electron chi connectivity index (χ0n) is 10.9. The maximum absolute atomic E-state index is 11.0. The Balaban J connectivity index is 2.12. The summed E-state index contributed by atoms with van der Waals surface area (Å²) in [5.74, 6) is -0.175. The number of hydrogen-bond acceptors (Lipinski definition) is 4. The van der Waals surface area contributed by atoms with Crippen LogP contribution in [0.1, 0.15) is 19.4 Å². The summed E-state index contributed by atoms with van der Waals surface area (Å²) in [7, 11) is 0. The van der Waals surface area contributed by atoms with Crippen LogP contribution in [-0.4, -0.2) is 21.9 Å². The monoisotopic (exact) mass is 295 g/mol. The van der Waals surface area contributed by atoms with E-state index in [1.54, 1.807) is 23.1 Å². The summed E-state index contributed by atoms with van der Waals surface area (Å²) < 4.78 is 0.771. The van der Waals surface area contributed by atoms with E-state index in [0.29, 0.717) is 0 Å². The molecule has 0 aliphatic heterocycles. The molecule has 0 saturated heterocycles. The average Bonchev–Trinajstić information content (AvgIpc) is 2.78. The molecule has 0 fully saturated rings. The third-order valence-corrected chi connectivity index (χ3v) is 5.64. The van der Waals surface area contributed by atoms with Gasteiger partial charge < -0.3 is 10.8 Å². The molecule has 2 aromatic rings. The van der Waals surface area contributed by atoms with Crippen molar-refractivity contribution in [1.82, 2.24) is 0 Å². The minimum absolute atomic E-state index is 0.491. The quantitative estimate of drug-likeness (QED) is 0.888. The lowest BCUT2D eigenvalue weighted by molar-refractivity contribution is -0.139. The Morgan fingerprint density at radius 3 is 2.84 bits per heavy atom. The standard InChI is InChI=1S/C14H17NO2S2/c1-14(2,12(15)13(16)17)19-8-9-7-18-11-6-4-3-5-10(9)11/h3-7,12H,8,15H2,1-2H3,(H,16,17)/t12-/m0/s1. The first-order valence-electron chi connectivity index (χ1n) is 5.99. The summed E-state index contributed by atoms with van der Waals surface area (Å²) in [5.41, 5.74) is 6.98. The van der Waals surface area contributed by atoms with Crippen LogP contribution < -0.4 is 5.73 Å². The number of fused-ring (bicyclic) bond motifs is 1. The van der Waals surface area contributed by atoms with Crippen molar-refractivity contribution in [3.05, 3.63) is 35.2 Å². The second-order valence-corrected chi connectivity index (χ2v) is 7.51. The Morgan fingerprint density at radius 2 is 2.16 bits per heavy atom. The fourth-order valence-electron chi connectivity index (χ4n) is 1.80. The molecule has 0 aliphatic carbocycles. The van der Waals surface area contributed by atoms with Crippen molar-refractivity contribution < 1.29 is 9.90 Å². The molecular weight excluding hydrogens is 278 g/mol. The molecule has 1 aromatic heterocycles. The van der Waals surface area contributed by atoms with Crippen molar-refractivity contribution >= 4 is 39.2 Å². The number of carbonyl (C=O) groups is 1. The largest absolute Gasteiger partial charge is 0.480 e. The van der Waals surface area contributed by atoms with Gasteiger partial charge in [-0.15, -0.1) is 23.1 Å². The maximum Gasteiger partial charge on any atom is 0.321 e. The zero-order chi connectivity index (χ0) is 14.0. The molecule has 19 heavy (non-hydrogen) atoms. The Hall–Kier alpha value is -1.04. The first-order valence-corrected chi connectivity index (χ1v) is 7.86. The highest BCUT2D eigenvalue weighted by Gasteiger charge is 2.32. The number of thioether (sulfide) groups is 1. The predicted molar refractivity (Wildman–Crippen MR) is 82.8 cm³/mol. The van der Waals surface area contributed by atoms with E-state index in [-0.39, 0.29) is 0 Å². The van der Waals surface area contributed by atoms with Gasteiger partial charge in [0.05, 0.1) is 0 Å². The molecule has 0 amide bonds. The SMILES string of the molecule is CC(C)(SCc1csc2ccccc12)[C@@H](N)C(=O)O. The van der Waals surface area contributed by atoms with Crippen LogP contribution >= 0.6 is 23.1 Å². The zero-order valence-corrected chi connectivity index (χ0v) is 12.6. The van der Waals surface area contributed by atoms with Gasteiger partial charge in [0.2, 0.25) is 0 Å². The van der Waals surface area contributed by atoms with Gasteiger partial charge in [0.15, 0.2) is 0 Å². The van der Waals surface area contributed by atoms with E-state index in [0.717, 1.165) is 5.75 Å². The van der Waals surface area contributed by atoms with Crippen molar-refractivity contribution in [2.45, 2.75) is 30.4 Å². The molecular formula is C14H17NO2S2. The molecule has 0 spiro atoms. The molecule has 2 rings (SSSR count). The van der Waals surface area contributed by atoms with Crippen LogP contribution in [0.3, 0.4) is 0 Å². The number of hydrogen-bond donors (Lipinski definition) is 2. The lowest BCUT2D eigenvalue weighted by Gasteiger charge is -2.27. The van der Waals surface area contributed by atoms with Gasteiger partial charge in [0.25, 0.3) is 0 Å². The molecule has 1 aromatic carbocycles. The van der Waals surface area contributed by atoms with Crippen LogP contribution in [0.5, 0.6) is 0 Å². The number of rotatable bonds is 5. The summed E-state index contributed by atoms with van der Waals surface area (Å²) in [6.45, 7) is 3.76. The number of carboxylic acids is 1. The lowest BCUT2D eigenvalue weighted by atomic mass is 10.1. The second kappa shape index (κ2) is 5.53. The third-order valence-electron chi connectivity index (χ3n) is 3.18. The van der Waals surface area contributed by atoms with Crippen molar-refractivity contribution in [2.24, 2.45) is 5.73 Å². The molecule has 3 nitrogen and oxygen atoms in total. The van der Waals surface area contributed by atoms with Crippen LogP contribution in [0.25, 0.3) is 10.1 Å². The number of thiophene rings is 1. The topological polar surface area (TPSA) is 63.3 Å². The second-order valence-electron chi connectivity index (χ2n) is 4.97. The molecule has 0 unspecified atom stereocenters. The summed E-state index contributed by atoms with van der Waals surface area (Å²) in [5, 5.41) is 12.4. The average molecular weight is 295 g/mol. The summed E-state index contributed by atoms with van der Waals surface area (Å²) >= 11 is 3.31. The van der Waals surface area contributed by atoms with Crippen molar-refractivity contribution in [3.63, 3.8) is 0 Å². The van der Waals surface area contributed by atoms with E-state index in [1.165, 1.54) is 15.6 Å². The molecule has 5 heteroatoms. The fraction of sp³-hybridized carbons (Fsp3) is 0.357. The molecule has 0 radical (unpaired) electrons. The van der Waals surface area contributed by atoms with Crippen molar-refractivity contribution in [1.29, 1.82) is 0 Å². The minimum atomic E-state index is -0.951. The van der Waals surface area contributed by atoms with E-state index in [1.807, 2.05) is 26.0 Å². The molecule has 0 aliphatic rings. The first-order chi connectivity index (χ1) is 8.92. The van der Waals surface area contributed by atoms with Gasteiger partial charge in [0.1, 0.15) is 6.04 Å². The van der Waals surface area contributed by atoms with E-state index in [2.05, 4.69) is 17.5 Å². The van der Waals surface area contributed by atoms with Gasteiger partial charge >= 0.3 is 5.97 Å². The molecule has 0 saturated carbocycles. The van der Waals surface area contributed by atoms with E-state index < -0.39 is 16.8 Å². The van der Waals surface area contributed by atoms with Crippen LogP contribution in [0.2, 0.25) is 0 Å². The van der Waals surface area contributed by atoms with Gasteiger partial charge in [-0.25, -0.2) is 0 Å². The van der Waals surface area contributed by atoms with E-state index in [4.69, 9.17) is 10.8 Å².